The Morgan fingerprint density at radius 2 is 1.71 bits per heavy atom. The summed E-state index contributed by atoms with van der Waals surface area (Å²) in [4.78, 5) is 27.1. The highest BCUT2D eigenvalue weighted by Gasteiger charge is 2.54. The van der Waals surface area contributed by atoms with Gasteiger partial charge in [0.05, 0.1) is 25.1 Å². The Hall–Kier alpha value is -3.90. The number of primary amides is 1. The molecule has 3 atom stereocenters. The Balaban J connectivity index is 1.63. The largest absolute Gasteiger partial charge is 0.469 e. The lowest BCUT2D eigenvalue weighted by Gasteiger charge is -2.37. The Morgan fingerprint density at radius 1 is 0.971 bits per heavy atom. The Morgan fingerprint density at radius 3 is 2.41 bits per heavy atom. The number of hydrogen-bond acceptors (Lipinski definition) is 3. The van der Waals surface area contributed by atoms with Gasteiger partial charge in [0.2, 0.25) is 0 Å². The Kier molecular flexibility index (Phi) is 5.90. The van der Waals surface area contributed by atoms with E-state index in [2.05, 4.69) is 0 Å². The number of quaternary nitrogens is 1. The van der Waals surface area contributed by atoms with Crippen LogP contribution in [0.2, 0.25) is 0 Å². The first-order valence-electron chi connectivity index (χ1n) is 11.6. The zero-order chi connectivity index (χ0) is 23.5. The highest BCUT2D eigenvalue weighted by Crippen LogP contribution is 2.41. The highest BCUT2D eigenvalue weighted by molar-refractivity contribution is 5.98. The van der Waals surface area contributed by atoms with E-state index in [0.717, 1.165) is 29.1 Å². The maximum atomic E-state index is 14.4. The minimum absolute atomic E-state index is 0.0360. The fourth-order valence-corrected chi connectivity index (χ4v) is 5.40. The summed E-state index contributed by atoms with van der Waals surface area (Å²) >= 11 is 0. The summed E-state index contributed by atoms with van der Waals surface area (Å²) in [5.74, 6) is -0.00800. The zero-order valence-corrected chi connectivity index (χ0v) is 18.9. The zero-order valence-electron chi connectivity index (χ0n) is 18.9. The van der Waals surface area contributed by atoms with E-state index in [4.69, 9.17) is 10.2 Å². The van der Waals surface area contributed by atoms with Crippen LogP contribution >= 0.6 is 0 Å². The first-order chi connectivity index (χ1) is 16.6. The van der Waals surface area contributed by atoms with Crippen LogP contribution in [-0.4, -0.2) is 29.0 Å². The highest BCUT2D eigenvalue weighted by atomic mass is 16.3. The summed E-state index contributed by atoms with van der Waals surface area (Å²) < 4.78 is 7.66. The SMILES string of the molecule is NC(=O)[C@@H]1CCC[N+]1(C(=O)CC(c1ccccc1)c1ccco1)c1ccccc1-n1cccc1. The minimum Gasteiger partial charge on any atom is -0.469 e. The van der Waals surface area contributed by atoms with Gasteiger partial charge in [-0.3, -0.25) is 4.79 Å². The van der Waals surface area contributed by atoms with Crippen LogP contribution in [0.25, 0.3) is 5.69 Å². The van der Waals surface area contributed by atoms with Gasteiger partial charge in [-0.25, -0.2) is 9.28 Å². The van der Waals surface area contributed by atoms with Crippen molar-refractivity contribution < 1.29 is 14.0 Å². The second-order valence-corrected chi connectivity index (χ2v) is 8.81. The van der Waals surface area contributed by atoms with E-state index in [1.165, 1.54) is 0 Å². The molecule has 0 saturated carbocycles. The normalized spacial score (nSPS) is 20.8. The average Bonchev–Trinajstić information content (AvgIpc) is 3.64. The van der Waals surface area contributed by atoms with Crippen molar-refractivity contribution in [1.82, 2.24) is 9.05 Å². The molecule has 1 fully saturated rings. The molecule has 1 aliphatic rings. The number of benzene rings is 2. The first kappa shape index (κ1) is 21.9. The molecule has 2 aromatic carbocycles. The van der Waals surface area contributed by atoms with Crippen molar-refractivity contribution in [3.05, 3.63) is 109 Å². The van der Waals surface area contributed by atoms with Crippen LogP contribution in [0.1, 0.15) is 36.5 Å². The Bertz CT molecular complexity index is 1270. The van der Waals surface area contributed by atoms with Gasteiger partial charge in [-0.1, -0.05) is 42.5 Å². The number of carbonyl (C=O) groups excluding carboxylic acids is 2. The number of carbonyl (C=O) groups is 2. The summed E-state index contributed by atoms with van der Waals surface area (Å²) in [7, 11) is 0. The third-order valence-electron chi connectivity index (χ3n) is 6.96. The second kappa shape index (κ2) is 9.15. The van der Waals surface area contributed by atoms with Crippen molar-refractivity contribution >= 4 is 17.5 Å². The molecular weight excluding hydrogens is 426 g/mol. The van der Waals surface area contributed by atoms with Gasteiger partial charge in [0.25, 0.3) is 5.91 Å². The summed E-state index contributed by atoms with van der Waals surface area (Å²) in [6.45, 7) is 0.532. The van der Waals surface area contributed by atoms with Gasteiger partial charge in [-0.2, -0.15) is 0 Å². The lowest BCUT2D eigenvalue weighted by atomic mass is 9.91. The van der Waals surface area contributed by atoms with E-state index in [1.807, 2.05) is 95.8 Å². The number of nitrogens with zero attached hydrogens (tertiary/aromatic N) is 2. The van der Waals surface area contributed by atoms with E-state index in [1.54, 1.807) is 6.26 Å². The van der Waals surface area contributed by atoms with Crippen molar-refractivity contribution in [3.63, 3.8) is 0 Å². The number of likely N-dealkylation sites (tertiary alicyclic amines) is 1. The molecule has 172 valence electrons. The third-order valence-corrected chi connectivity index (χ3v) is 6.96. The van der Waals surface area contributed by atoms with Crippen molar-refractivity contribution in [1.29, 1.82) is 0 Å². The first-order valence-corrected chi connectivity index (χ1v) is 11.6. The van der Waals surface area contributed by atoms with Gasteiger partial charge in [-0.15, -0.1) is 0 Å². The van der Waals surface area contributed by atoms with Crippen LogP contribution < -0.4 is 10.2 Å². The molecule has 2 unspecified atom stereocenters. The predicted molar refractivity (Wildman–Crippen MR) is 131 cm³/mol. The van der Waals surface area contributed by atoms with Gasteiger partial charge in [0.1, 0.15) is 11.4 Å². The van der Waals surface area contributed by atoms with Crippen LogP contribution in [0.15, 0.2) is 102 Å². The summed E-state index contributed by atoms with van der Waals surface area (Å²) in [6, 6.07) is 24.7. The fourth-order valence-electron chi connectivity index (χ4n) is 5.40. The molecule has 0 aliphatic carbocycles. The van der Waals surface area contributed by atoms with Crippen molar-refractivity contribution in [3.8, 4) is 5.69 Å². The molecule has 34 heavy (non-hydrogen) atoms. The lowest BCUT2D eigenvalue weighted by molar-refractivity contribution is -0.136. The Labute approximate surface area is 198 Å². The van der Waals surface area contributed by atoms with Gasteiger partial charge >= 0.3 is 5.91 Å². The van der Waals surface area contributed by atoms with Crippen molar-refractivity contribution in [2.75, 3.05) is 6.54 Å². The van der Waals surface area contributed by atoms with Gasteiger partial charge in [0, 0.05) is 31.3 Å². The molecule has 0 radical (unpaired) electrons. The number of para-hydroxylation sites is 2. The molecule has 1 saturated heterocycles. The summed E-state index contributed by atoms with van der Waals surface area (Å²) in [5.41, 5.74) is 8.60. The average molecular weight is 455 g/mol. The number of amides is 2. The molecule has 1 aliphatic heterocycles. The number of aromatic nitrogens is 1. The van der Waals surface area contributed by atoms with E-state index in [9.17, 15) is 9.59 Å². The van der Waals surface area contributed by atoms with E-state index in [0.29, 0.717) is 13.0 Å². The quantitative estimate of drug-likeness (QED) is 0.409. The molecule has 6 heteroatoms. The van der Waals surface area contributed by atoms with Crippen molar-refractivity contribution in [2.24, 2.45) is 5.73 Å². The molecule has 2 N–H and O–H groups in total. The molecule has 0 spiro atoms. The smallest absolute Gasteiger partial charge is 0.320 e. The number of nitrogens with two attached hydrogens (primary N) is 1. The van der Waals surface area contributed by atoms with Gasteiger partial charge in [-0.05, 0) is 35.9 Å². The van der Waals surface area contributed by atoms with Crippen LogP contribution in [0.4, 0.5) is 5.69 Å². The number of furan rings is 1. The van der Waals surface area contributed by atoms with Gasteiger partial charge < -0.3 is 14.7 Å². The minimum atomic E-state index is -0.614. The number of rotatable bonds is 7. The fraction of sp³-hybridized carbons (Fsp3) is 0.214. The van der Waals surface area contributed by atoms with Crippen LogP contribution in [0, 0.1) is 0 Å². The summed E-state index contributed by atoms with van der Waals surface area (Å²) in [6.07, 6.45) is 7.05. The molecule has 0 bridgehead atoms. The maximum absolute atomic E-state index is 14.4. The molecule has 2 amide bonds. The van der Waals surface area contributed by atoms with Crippen LogP contribution in [0.5, 0.6) is 0 Å². The lowest BCUT2D eigenvalue weighted by Crippen LogP contribution is -2.62. The topological polar surface area (TPSA) is 78.2 Å². The predicted octanol–water partition coefficient (Wildman–Crippen LogP) is 4.77. The molecule has 3 heterocycles. The van der Waals surface area contributed by atoms with E-state index in [-0.39, 0.29) is 22.7 Å². The third kappa shape index (κ3) is 3.76. The second-order valence-electron chi connectivity index (χ2n) is 8.81. The molecule has 4 aromatic rings. The molecular formula is C28H28N3O3+. The monoisotopic (exact) mass is 454 g/mol. The van der Waals surface area contributed by atoms with Gasteiger partial charge in [0.15, 0.2) is 11.7 Å². The van der Waals surface area contributed by atoms with E-state index < -0.39 is 11.9 Å². The number of hydrogen-bond donors (Lipinski definition) is 1. The maximum Gasteiger partial charge on any atom is 0.320 e. The summed E-state index contributed by atoms with van der Waals surface area (Å²) in [5, 5.41) is 0. The van der Waals surface area contributed by atoms with Crippen LogP contribution in [0.3, 0.4) is 0 Å². The molecule has 2 aromatic heterocycles. The standard InChI is InChI=1S/C28H27N3O3/c29-28(33)25-14-8-18-31(25,24-13-5-4-12-23(24)30-16-6-7-17-30)27(32)20-22(26-15-9-19-34-26)21-10-2-1-3-11-21/h1-7,9-13,15-17,19,22,25H,8,14,18,20H2,(H-,29,33)/p+1/t22?,25-,31?/m0/s1. The van der Waals surface area contributed by atoms with Crippen molar-refractivity contribution in [2.45, 2.75) is 31.2 Å². The van der Waals surface area contributed by atoms with Crippen LogP contribution in [-0.2, 0) is 9.59 Å². The molecule has 5 rings (SSSR count). The molecule has 6 nitrogen and oxygen atoms in total. The van der Waals surface area contributed by atoms with E-state index >= 15 is 0 Å².